The number of nitrogens with two attached hydrogens (primary N) is 1. The predicted octanol–water partition coefficient (Wildman–Crippen LogP) is 3.11. The summed E-state index contributed by atoms with van der Waals surface area (Å²) in [6.07, 6.45) is -0.0906. The third kappa shape index (κ3) is 7.56. The Balaban J connectivity index is 0.000000272. The number of carboxylic acid groups (broad SMARTS) is 2. The van der Waals surface area contributed by atoms with Gasteiger partial charge in [0.2, 0.25) is 0 Å². The maximum atomic E-state index is 10.8. The standard InChI is InChI=1S/C11H12O4.C8H11N/c12-10(13)7-9(11(14)15)6-8-4-2-1-3-5-8;1-7(9)8-5-3-2-4-6-8/h1-5,9H,6-7H2,(H,12,13)(H,14,15);2-7H,9H2,1H3/t9-;7-/m01/s1. The largest absolute Gasteiger partial charge is 0.481 e. The monoisotopic (exact) mass is 329 g/mol. The fraction of sp³-hybridized carbons (Fsp3) is 0.263. The van der Waals surface area contributed by atoms with E-state index < -0.39 is 17.9 Å². The predicted molar refractivity (Wildman–Crippen MR) is 92.6 cm³/mol. The number of hydrogen-bond acceptors (Lipinski definition) is 3. The van der Waals surface area contributed by atoms with E-state index in [1.807, 2.05) is 43.3 Å². The Morgan fingerprint density at radius 2 is 1.46 bits per heavy atom. The summed E-state index contributed by atoms with van der Waals surface area (Å²) in [7, 11) is 0. The van der Waals surface area contributed by atoms with Crippen LogP contribution >= 0.6 is 0 Å². The van der Waals surface area contributed by atoms with E-state index in [2.05, 4.69) is 0 Å². The van der Waals surface area contributed by atoms with Gasteiger partial charge >= 0.3 is 11.9 Å². The van der Waals surface area contributed by atoms with Crippen LogP contribution in [0.1, 0.15) is 30.5 Å². The molecule has 4 N–H and O–H groups in total. The molecule has 0 aromatic heterocycles. The van der Waals surface area contributed by atoms with Crippen molar-refractivity contribution in [1.29, 1.82) is 0 Å². The Morgan fingerprint density at radius 3 is 1.83 bits per heavy atom. The zero-order valence-electron chi connectivity index (χ0n) is 13.6. The molecule has 2 rings (SSSR count). The third-order valence-corrected chi connectivity index (χ3v) is 3.42. The number of aliphatic carboxylic acids is 2. The van der Waals surface area contributed by atoms with Crippen molar-refractivity contribution >= 4 is 11.9 Å². The number of carboxylic acids is 2. The van der Waals surface area contributed by atoms with E-state index in [4.69, 9.17) is 15.9 Å². The Morgan fingerprint density at radius 1 is 0.958 bits per heavy atom. The highest BCUT2D eigenvalue weighted by molar-refractivity contribution is 5.77. The van der Waals surface area contributed by atoms with Gasteiger partial charge in [0.05, 0.1) is 12.3 Å². The normalized spacial score (nSPS) is 12.4. The molecule has 2 aromatic rings. The van der Waals surface area contributed by atoms with E-state index in [0.717, 1.165) is 5.56 Å². The molecule has 0 aliphatic rings. The van der Waals surface area contributed by atoms with Crippen LogP contribution in [0.3, 0.4) is 0 Å². The molecule has 0 heterocycles. The van der Waals surface area contributed by atoms with E-state index in [1.165, 1.54) is 5.56 Å². The molecule has 0 amide bonds. The summed E-state index contributed by atoms with van der Waals surface area (Å²) in [5.41, 5.74) is 7.64. The van der Waals surface area contributed by atoms with Gasteiger partial charge in [0.15, 0.2) is 0 Å². The van der Waals surface area contributed by atoms with Crippen molar-refractivity contribution in [2.75, 3.05) is 0 Å². The first-order valence-corrected chi connectivity index (χ1v) is 7.69. The van der Waals surface area contributed by atoms with Crippen LogP contribution in [0.4, 0.5) is 0 Å². The molecule has 128 valence electrons. The summed E-state index contributed by atoms with van der Waals surface area (Å²) >= 11 is 0. The summed E-state index contributed by atoms with van der Waals surface area (Å²) in [6.45, 7) is 1.98. The fourth-order valence-electron chi connectivity index (χ4n) is 2.11. The fourth-order valence-corrected chi connectivity index (χ4v) is 2.11. The second kappa shape index (κ2) is 10.2. The molecule has 0 fully saturated rings. The zero-order valence-corrected chi connectivity index (χ0v) is 13.6. The van der Waals surface area contributed by atoms with Crippen LogP contribution in [0.25, 0.3) is 0 Å². The molecule has 5 nitrogen and oxygen atoms in total. The van der Waals surface area contributed by atoms with Crippen molar-refractivity contribution in [1.82, 2.24) is 0 Å². The lowest BCUT2D eigenvalue weighted by Gasteiger charge is -2.09. The van der Waals surface area contributed by atoms with Crippen LogP contribution in [0.15, 0.2) is 60.7 Å². The summed E-state index contributed by atoms with van der Waals surface area (Å²) in [5.74, 6) is -3.01. The lowest BCUT2D eigenvalue weighted by molar-refractivity contribution is -0.148. The lowest BCUT2D eigenvalue weighted by Crippen LogP contribution is -2.20. The Hall–Kier alpha value is -2.66. The average molecular weight is 329 g/mol. The van der Waals surface area contributed by atoms with Crippen LogP contribution in [0.5, 0.6) is 0 Å². The van der Waals surface area contributed by atoms with Gasteiger partial charge in [-0.1, -0.05) is 60.7 Å². The van der Waals surface area contributed by atoms with Crippen LogP contribution in [-0.2, 0) is 16.0 Å². The van der Waals surface area contributed by atoms with E-state index in [1.54, 1.807) is 24.3 Å². The second-order valence-corrected chi connectivity index (χ2v) is 5.52. The Bertz CT molecular complexity index is 626. The van der Waals surface area contributed by atoms with Gasteiger partial charge in [-0.15, -0.1) is 0 Å². The maximum Gasteiger partial charge on any atom is 0.307 e. The topological polar surface area (TPSA) is 101 Å². The molecule has 0 saturated carbocycles. The second-order valence-electron chi connectivity index (χ2n) is 5.52. The highest BCUT2D eigenvalue weighted by Gasteiger charge is 2.21. The van der Waals surface area contributed by atoms with Crippen molar-refractivity contribution in [3.05, 3.63) is 71.8 Å². The van der Waals surface area contributed by atoms with Gasteiger partial charge in [-0.3, -0.25) is 9.59 Å². The van der Waals surface area contributed by atoms with Crippen molar-refractivity contribution in [2.45, 2.75) is 25.8 Å². The zero-order chi connectivity index (χ0) is 17.9. The number of hydrogen-bond donors (Lipinski definition) is 3. The van der Waals surface area contributed by atoms with Gasteiger partial charge in [0, 0.05) is 6.04 Å². The SMILES string of the molecule is C[C@@H](N)c1ccccc1.O=C(O)C[C@H](Cc1ccccc1)C(=O)O. The number of carbonyl (C=O) groups is 2. The molecule has 0 unspecified atom stereocenters. The Labute approximate surface area is 141 Å². The molecule has 0 aliphatic heterocycles. The molecule has 24 heavy (non-hydrogen) atoms. The van der Waals surface area contributed by atoms with Gasteiger partial charge in [-0.2, -0.15) is 0 Å². The molecule has 2 atom stereocenters. The molecule has 0 radical (unpaired) electrons. The van der Waals surface area contributed by atoms with Crippen molar-refractivity contribution in [2.24, 2.45) is 11.7 Å². The van der Waals surface area contributed by atoms with Crippen LogP contribution in [0, 0.1) is 5.92 Å². The molecule has 0 spiro atoms. The van der Waals surface area contributed by atoms with Crippen LogP contribution < -0.4 is 5.73 Å². The lowest BCUT2D eigenvalue weighted by atomic mass is 9.96. The average Bonchev–Trinajstić information content (AvgIpc) is 2.56. The molecule has 0 saturated heterocycles. The van der Waals surface area contributed by atoms with Crippen molar-refractivity contribution in [3.8, 4) is 0 Å². The van der Waals surface area contributed by atoms with Gasteiger partial charge in [0.25, 0.3) is 0 Å². The minimum Gasteiger partial charge on any atom is -0.481 e. The first kappa shape index (κ1) is 19.4. The van der Waals surface area contributed by atoms with Crippen LogP contribution in [0.2, 0.25) is 0 Å². The molecule has 5 heteroatoms. The van der Waals surface area contributed by atoms with Gasteiger partial charge in [-0.05, 0) is 24.5 Å². The highest BCUT2D eigenvalue weighted by atomic mass is 16.4. The highest BCUT2D eigenvalue weighted by Crippen LogP contribution is 2.12. The van der Waals surface area contributed by atoms with E-state index in [9.17, 15) is 9.59 Å². The van der Waals surface area contributed by atoms with E-state index in [-0.39, 0.29) is 18.9 Å². The Kier molecular flexibility index (Phi) is 8.22. The summed E-state index contributed by atoms with van der Waals surface area (Å²) in [4.78, 5) is 21.2. The van der Waals surface area contributed by atoms with Crippen molar-refractivity contribution < 1.29 is 19.8 Å². The maximum absolute atomic E-state index is 10.8. The van der Waals surface area contributed by atoms with Gasteiger partial charge in [-0.25, -0.2) is 0 Å². The summed E-state index contributed by atoms with van der Waals surface area (Å²) in [5, 5.41) is 17.4. The molecule has 2 aromatic carbocycles. The van der Waals surface area contributed by atoms with E-state index >= 15 is 0 Å². The summed E-state index contributed by atoms with van der Waals surface area (Å²) < 4.78 is 0. The van der Waals surface area contributed by atoms with Gasteiger partial charge in [0.1, 0.15) is 0 Å². The molecular formula is C19H23NO4. The minimum atomic E-state index is -1.08. The van der Waals surface area contributed by atoms with E-state index in [0.29, 0.717) is 0 Å². The summed E-state index contributed by atoms with van der Waals surface area (Å²) in [6, 6.07) is 19.2. The first-order valence-electron chi connectivity index (χ1n) is 7.69. The number of benzene rings is 2. The quantitative estimate of drug-likeness (QED) is 0.756. The van der Waals surface area contributed by atoms with Gasteiger partial charge < -0.3 is 15.9 Å². The first-order chi connectivity index (χ1) is 11.4. The third-order valence-electron chi connectivity index (χ3n) is 3.42. The van der Waals surface area contributed by atoms with Crippen molar-refractivity contribution in [3.63, 3.8) is 0 Å². The minimum absolute atomic E-state index is 0.159. The molecule has 0 bridgehead atoms. The number of rotatable bonds is 6. The smallest absolute Gasteiger partial charge is 0.307 e. The molecule has 0 aliphatic carbocycles. The van der Waals surface area contributed by atoms with Crippen LogP contribution in [-0.4, -0.2) is 22.2 Å². The molecular weight excluding hydrogens is 306 g/mol.